The lowest BCUT2D eigenvalue weighted by Gasteiger charge is -2.31. The minimum absolute atomic E-state index is 0.0696. The van der Waals surface area contributed by atoms with Gasteiger partial charge in [0.15, 0.2) is 5.78 Å². The zero-order valence-electron chi connectivity index (χ0n) is 13.4. The van der Waals surface area contributed by atoms with E-state index in [2.05, 4.69) is 4.99 Å². The standard InChI is InChI=1S/C18H23NO3/c1-4-7-15(21)17-13(10-18(2,3)11-16(17)22)19-12-8-5-6-9-14(12)20/h5-6,8-9,20-21H,4,7,10-11H2,1-3H3/b17-15-,19-13?. The number of carbonyl (C=O) groups is 1. The van der Waals surface area contributed by atoms with Crippen LogP contribution >= 0.6 is 0 Å². The number of nitrogens with zero attached hydrogens (tertiary/aromatic N) is 1. The summed E-state index contributed by atoms with van der Waals surface area (Å²) in [6.07, 6.45) is 2.21. The Morgan fingerprint density at radius 3 is 2.59 bits per heavy atom. The summed E-state index contributed by atoms with van der Waals surface area (Å²) in [7, 11) is 0. The first-order valence-corrected chi connectivity index (χ1v) is 7.65. The second kappa shape index (κ2) is 6.34. The van der Waals surface area contributed by atoms with E-state index in [1.807, 2.05) is 20.8 Å². The number of para-hydroxylation sites is 2. The maximum Gasteiger partial charge on any atom is 0.168 e. The third-order valence-electron chi connectivity index (χ3n) is 3.77. The van der Waals surface area contributed by atoms with Gasteiger partial charge in [0, 0.05) is 12.8 Å². The molecule has 4 nitrogen and oxygen atoms in total. The molecule has 1 aliphatic rings. The predicted octanol–water partition coefficient (Wildman–Crippen LogP) is 4.47. The van der Waals surface area contributed by atoms with E-state index in [0.29, 0.717) is 36.2 Å². The SMILES string of the molecule is CCC/C(O)=C1/C(=O)CC(C)(C)CC1=Nc1ccccc1O. The average Bonchev–Trinajstić information content (AvgIpc) is 2.39. The van der Waals surface area contributed by atoms with E-state index in [9.17, 15) is 15.0 Å². The molecule has 0 spiro atoms. The zero-order valence-corrected chi connectivity index (χ0v) is 13.4. The van der Waals surface area contributed by atoms with Crippen molar-refractivity contribution in [3.63, 3.8) is 0 Å². The number of phenolic OH excluding ortho intramolecular Hbond substituents is 1. The molecule has 2 N–H and O–H groups in total. The third kappa shape index (κ3) is 3.56. The molecule has 0 aliphatic heterocycles. The summed E-state index contributed by atoms with van der Waals surface area (Å²) in [5, 5.41) is 20.1. The smallest absolute Gasteiger partial charge is 0.168 e. The minimum Gasteiger partial charge on any atom is -0.511 e. The number of benzene rings is 1. The van der Waals surface area contributed by atoms with Crippen LogP contribution in [0.5, 0.6) is 5.75 Å². The van der Waals surface area contributed by atoms with Crippen LogP contribution in [0.1, 0.15) is 46.5 Å². The number of ketones is 1. The Hall–Kier alpha value is -2.10. The second-order valence-corrected chi connectivity index (χ2v) is 6.56. The van der Waals surface area contributed by atoms with E-state index in [1.54, 1.807) is 24.3 Å². The average molecular weight is 301 g/mol. The number of aromatic hydroxyl groups is 1. The van der Waals surface area contributed by atoms with Crippen LogP contribution in [0.25, 0.3) is 0 Å². The van der Waals surface area contributed by atoms with Crippen LogP contribution in [0, 0.1) is 5.41 Å². The zero-order chi connectivity index (χ0) is 16.3. The first-order valence-electron chi connectivity index (χ1n) is 7.65. The Kier molecular flexibility index (Phi) is 4.69. The maximum atomic E-state index is 12.5. The normalized spacial score (nSPS) is 22.0. The molecule has 0 amide bonds. The summed E-state index contributed by atoms with van der Waals surface area (Å²) < 4.78 is 0. The molecule has 1 aromatic rings. The van der Waals surface area contributed by atoms with Crippen molar-refractivity contribution in [3.8, 4) is 5.75 Å². The Balaban J connectivity index is 2.53. The molecular formula is C18H23NO3. The van der Waals surface area contributed by atoms with Crippen LogP contribution in [0.3, 0.4) is 0 Å². The van der Waals surface area contributed by atoms with Crippen LogP contribution in [0.2, 0.25) is 0 Å². The van der Waals surface area contributed by atoms with E-state index in [4.69, 9.17) is 0 Å². The molecule has 0 saturated heterocycles. The number of hydrogen-bond donors (Lipinski definition) is 2. The van der Waals surface area contributed by atoms with Crippen LogP contribution < -0.4 is 0 Å². The molecule has 0 radical (unpaired) electrons. The molecule has 2 rings (SSSR count). The van der Waals surface area contributed by atoms with Crippen LogP contribution in [0.4, 0.5) is 5.69 Å². The second-order valence-electron chi connectivity index (χ2n) is 6.56. The Morgan fingerprint density at radius 1 is 1.27 bits per heavy atom. The molecule has 4 heteroatoms. The van der Waals surface area contributed by atoms with E-state index in [-0.39, 0.29) is 22.7 Å². The molecule has 0 bridgehead atoms. The molecule has 0 heterocycles. The van der Waals surface area contributed by atoms with Gasteiger partial charge in [0.25, 0.3) is 0 Å². The van der Waals surface area contributed by atoms with Crippen molar-refractivity contribution < 1.29 is 15.0 Å². The van der Waals surface area contributed by atoms with Crippen molar-refractivity contribution in [2.45, 2.75) is 46.5 Å². The Labute approximate surface area is 131 Å². The largest absolute Gasteiger partial charge is 0.511 e. The van der Waals surface area contributed by atoms with E-state index in [1.165, 1.54) is 0 Å². The number of carbonyl (C=O) groups excluding carboxylic acids is 1. The van der Waals surface area contributed by atoms with Gasteiger partial charge in [-0.25, -0.2) is 4.99 Å². The van der Waals surface area contributed by atoms with Crippen molar-refractivity contribution >= 4 is 17.2 Å². The quantitative estimate of drug-likeness (QED) is 0.639. The summed E-state index contributed by atoms with van der Waals surface area (Å²) in [5.41, 5.74) is 1.12. The number of phenols is 1. The molecule has 22 heavy (non-hydrogen) atoms. The van der Waals surface area contributed by atoms with E-state index >= 15 is 0 Å². The first kappa shape index (κ1) is 16.3. The summed E-state index contributed by atoms with van der Waals surface area (Å²) in [6.45, 7) is 5.98. The highest BCUT2D eigenvalue weighted by atomic mass is 16.3. The van der Waals surface area contributed by atoms with Crippen LogP contribution in [-0.4, -0.2) is 21.7 Å². The first-order chi connectivity index (χ1) is 10.3. The van der Waals surface area contributed by atoms with Gasteiger partial charge in [-0.05, 0) is 30.4 Å². The fourth-order valence-corrected chi connectivity index (χ4v) is 2.78. The molecule has 0 atom stereocenters. The summed E-state index contributed by atoms with van der Waals surface area (Å²) >= 11 is 0. The highest BCUT2D eigenvalue weighted by Crippen LogP contribution is 2.37. The third-order valence-corrected chi connectivity index (χ3v) is 3.77. The van der Waals surface area contributed by atoms with Gasteiger partial charge in [0.05, 0.1) is 11.3 Å². The van der Waals surface area contributed by atoms with E-state index in [0.717, 1.165) is 6.42 Å². The van der Waals surface area contributed by atoms with Gasteiger partial charge in [-0.2, -0.15) is 0 Å². The minimum atomic E-state index is -0.198. The summed E-state index contributed by atoms with van der Waals surface area (Å²) in [5.74, 6) is 0.105. The fourth-order valence-electron chi connectivity index (χ4n) is 2.78. The maximum absolute atomic E-state index is 12.5. The van der Waals surface area contributed by atoms with Gasteiger partial charge in [0.2, 0.25) is 0 Å². The van der Waals surface area contributed by atoms with Gasteiger partial charge in [-0.3, -0.25) is 4.79 Å². The number of Topliss-reactive ketones (excluding diaryl/α,β-unsaturated/α-hetero) is 1. The lowest BCUT2D eigenvalue weighted by atomic mass is 9.73. The molecular weight excluding hydrogens is 278 g/mol. The highest BCUT2D eigenvalue weighted by molar-refractivity contribution is 6.25. The van der Waals surface area contributed by atoms with Crippen LogP contribution in [0.15, 0.2) is 40.6 Å². The van der Waals surface area contributed by atoms with Gasteiger partial charge < -0.3 is 10.2 Å². The number of allylic oxidation sites excluding steroid dienone is 2. The molecule has 1 saturated carbocycles. The van der Waals surface area contributed by atoms with Gasteiger partial charge >= 0.3 is 0 Å². The topological polar surface area (TPSA) is 69.9 Å². The van der Waals surface area contributed by atoms with Crippen molar-refractivity contribution in [2.75, 3.05) is 0 Å². The van der Waals surface area contributed by atoms with Crippen LogP contribution in [-0.2, 0) is 4.79 Å². The Bertz CT molecular complexity index is 641. The van der Waals surface area contributed by atoms with Gasteiger partial charge in [0.1, 0.15) is 17.2 Å². The summed E-state index contributed by atoms with van der Waals surface area (Å²) in [4.78, 5) is 16.9. The number of aliphatic imine (C=N–C) groups is 1. The molecule has 1 aliphatic carbocycles. The van der Waals surface area contributed by atoms with Gasteiger partial charge in [-0.15, -0.1) is 0 Å². The fraction of sp³-hybridized carbons (Fsp3) is 0.444. The monoisotopic (exact) mass is 301 g/mol. The van der Waals surface area contributed by atoms with Crippen molar-refractivity contribution in [2.24, 2.45) is 10.4 Å². The molecule has 118 valence electrons. The van der Waals surface area contributed by atoms with Crippen molar-refractivity contribution in [1.29, 1.82) is 0 Å². The highest BCUT2D eigenvalue weighted by Gasteiger charge is 2.36. The summed E-state index contributed by atoms with van der Waals surface area (Å²) in [6, 6.07) is 6.76. The number of aliphatic hydroxyl groups excluding tert-OH is 1. The molecule has 0 unspecified atom stereocenters. The number of hydrogen-bond acceptors (Lipinski definition) is 4. The van der Waals surface area contributed by atoms with Gasteiger partial charge in [-0.1, -0.05) is 32.9 Å². The predicted molar refractivity (Wildman–Crippen MR) is 87.8 cm³/mol. The number of aliphatic hydroxyl groups is 1. The van der Waals surface area contributed by atoms with Crippen molar-refractivity contribution in [1.82, 2.24) is 0 Å². The number of rotatable bonds is 3. The van der Waals surface area contributed by atoms with E-state index < -0.39 is 0 Å². The Morgan fingerprint density at radius 2 is 1.95 bits per heavy atom. The lowest BCUT2D eigenvalue weighted by molar-refractivity contribution is -0.117. The molecule has 1 aromatic carbocycles. The lowest BCUT2D eigenvalue weighted by Crippen LogP contribution is -2.32. The van der Waals surface area contributed by atoms with Crippen molar-refractivity contribution in [3.05, 3.63) is 35.6 Å². The molecule has 1 fully saturated rings. The molecule has 0 aromatic heterocycles.